The topological polar surface area (TPSA) is 42.4 Å². The van der Waals surface area contributed by atoms with Crippen molar-refractivity contribution in [1.82, 2.24) is 9.88 Å². The monoisotopic (exact) mass is 418 g/mol. The second-order valence-electron chi connectivity index (χ2n) is 7.31. The van der Waals surface area contributed by atoms with Crippen molar-refractivity contribution in [2.24, 2.45) is 0 Å². The molecule has 30 heavy (non-hydrogen) atoms. The van der Waals surface area contributed by atoms with Crippen LogP contribution in [0, 0.1) is 0 Å². The maximum atomic E-state index is 12.6. The van der Waals surface area contributed by atoms with Gasteiger partial charge in [-0.2, -0.15) is 0 Å². The molecule has 4 nitrogen and oxygen atoms in total. The minimum Gasteiger partial charge on any atom is -0.487 e. The molecule has 0 fully saturated rings. The van der Waals surface area contributed by atoms with Gasteiger partial charge in [0.1, 0.15) is 12.4 Å². The number of carbonyl (C=O) groups is 1. The predicted molar refractivity (Wildman–Crippen MR) is 119 cm³/mol. The van der Waals surface area contributed by atoms with E-state index < -0.39 is 0 Å². The number of carbonyl (C=O) groups excluding carboxylic acids is 1. The highest BCUT2D eigenvalue weighted by Crippen LogP contribution is 2.25. The van der Waals surface area contributed by atoms with E-state index in [2.05, 4.69) is 11.1 Å². The molecule has 1 amide bonds. The Balaban J connectivity index is 1.35. The molecule has 0 N–H and O–H groups in total. The van der Waals surface area contributed by atoms with E-state index in [4.69, 9.17) is 16.3 Å². The molecule has 2 aromatic carbocycles. The molecule has 0 saturated carbocycles. The van der Waals surface area contributed by atoms with E-state index in [1.807, 2.05) is 71.8 Å². The summed E-state index contributed by atoms with van der Waals surface area (Å²) in [5.41, 5.74) is 4.34. The minimum atomic E-state index is 0.130. The molecule has 1 aliphatic rings. The van der Waals surface area contributed by atoms with Gasteiger partial charge in [-0.05, 0) is 46.9 Å². The van der Waals surface area contributed by atoms with Crippen LogP contribution >= 0.6 is 11.6 Å². The fourth-order valence-electron chi connectivity index (χ4n) is 3.46. The van der Waals surface area contributed by atoms with Crippen molar-refractivity contribution < 1.29 is 9.53 Å². The van der Waals surface area contributed by atoms with Crippen LogP contribution in [-0.4, -0.2) is 28.9 Å². The fourth-order valence-corrected chi connectivity index (χ4v) is 3.59. The van der Waals surface area contributed by atoms with Crippen LogP contribution in [0.5, 0.6) is 5.75 Å². The lowest BCUT2D eigenvalue weighted by atomic mass is 10.0. The van der Waals surface area contributed by atoms with E-state index >= 15 is 0 Å². The van der Waals surface area contributed by atoms with Crippen LogP contribution in [-0.2, 0) is 17.8 Å². The van der Waals surface area contributed by atoms with Gasteiger partial charge in [0.25, 0.3) is 0 Å². The van der Waals surface area contributed by atoms with Gasteiger partial charge in [0, 0.05) is 24.3 Å². The van der Waals surface area contributed by atoms with Crippen molar-refractivity contribution >= 4 is 23.1 Å². The van der Waals surface area contributed by atoms with E-state index in [0.717, 1.165) is 28.9 Å². The van der Waals surface area contributed by atoms with Crippen LogP contribution in [0.15, 0.2) is 79.1 Å². The number of hydrogen-bond donors (Lipinski definition) is 0. The Morgan fingerprint density at radius 1 is 1.03 bits per heavy atom. The van der Waals surface area contributed by atoms with E-state index in [0.29, 0.717) is 31.1 Å². The van der Waals surface area contributed by atoms with E-state index in [9.17, 15) is 4.79 Å². The normalized spacial score (nSPS) is 13.6. The first kappa shape index (κ1) is 20.2. The second-order valence-corrected chi connectivity index (χ2v) is 7.74. The molecular weight excluding hydrogens is 396 g/mol. The number of hydrogen-bond acceptors (Lipinski definition) is 3. The Labute approximate surface area is 181 Å². The number of pyridine rings is 1. The minimum absolute atomic E-state index is 0.130. The summed E-state index contributed by atoms with van der Waals surface area (Å²) in [6.07, 6.45) is 6.90. The molecule has 5 heteroatoms. The van der Waals surface area contributed by atoms with E-state index in [-0.39, 0.29) is 5.91 Å². The number of nitrogens with zero attached hydrogens (tertiary/aromatic N) is 2. The zero-order valence-corrected chi connectivity index (χ0v) is 17.4. The first-order valence-electron chi connectivity index (χ1n) is 10.0. The summed E-state index contributed by atoms with van der Waals surface area (Å²) >= 11 is 5.92. The number of amides is 1. The van der Waals surface area contributed by atoms with Crippen LogP contribution in [0.4, 0.5) is 0 Å². The number of rotatable bonds is 6. The summed E-state index contributed by atoms with van der Waals surface area (Å²) in [6, 6.07) is 19.5. The van der Waals surface area contributed by atoms with Crippen LogP contribution in [0.1, 0.15) is 23.1 Å². The van der Waals surface area contributed by atoms with Gasteiger partial charge in [0.2, 0.25) is 5.91 Å². The third kappa shape index (κ3) is 5.28. The lowest BCUT2D eigenvalue weighted by molar-refractivity contribution is -0.130. The van der Waals surface area contributed by atoms with E-state index in [1.54, 1.807) is 6.20 Å². The van der Waals surface area contributed by atoms with Gasteiger partial charge in [-0.1, -0.05) is 60.1 Å². The third-order valence-corrected chi connectivity index (χ3v) is 5.41. The molecule has 152 valence electrons. The van der Waals surface area contributed by atoms with Crippen molar-refractivity contribution in [3.8, 4) is 5.75 Å². The smallest absolute Gasteiger partial charge is 0.227 e. The van der Waals surface area contributed by atoms with Crippen molar-refractivity contribution in [2.75, 3.05) is 13.1 Å². The first-order chi connectivity index (χ1) is 14.7. The SMILES string of the molecule is O=C(Cc1ccc(Cl)cc1)N1CC=C(c2cncc(OCc3ccccc3)c2)CC1. The number of halogens is 1. The largest absolute Gasteiger partial charge is 0.487 e. The molecule has 0 radical (unpaired) electrons. The molecule has 0 bridgehead atoms. The van der Waals surface area contributed by atoms with Gasteiger partial charge < -0.3 is 9.64 Å². The van der Waals surface area contributed by atoms with Crippen molar-refractivity contribution in [2.45, 2.75) is 19.4 Å². The summed E-state index contributed by atoms with van der Waals surface area (Å²) in [5.74, 6) is 0.879. The third-order valence-electron chi connectivity index (χ3n) is 5.16. The quantitative estimate of drug-likeness (QED) is 0.554. The molecule has 1 aromatic heterocycles. The lowest BCUT2D eigenvalue weighted by Crippen LogP contribution is -2.35. The molecule has 3 aromatic rings. The molecule has 0 spiro atoms. The average molecular weight is 419 g/mol. The molecule has 0 atom stereocenters. The van der Waals surface area contributed by atoms with Crippen molar-refractivity contribution in [1.29, 1.82) is 0 Å². The first-order valence-corrected chi connectivity index (χ1v) is 10.4. The summed E-state index contributed by atoms with van der Waals surface area (Å²) in [7, 11) is 0. The van der Waals surface area contributed by atoms with Crippen LogP contribution in [0.25, 0.3) is 5.57 Å². The predicted octanol–water partition coefficient (Wildman–Crippen LogP) is 5.17. The molecule has 0 aliphatic carbocycles. The number of aromatic nitrogens is 1. The Hall–Kier alpha value is -3.11. The molecule has 2 heterocycles. The standard InChI is InChI=1S/C25H23ClN2O2/c26-23-8-6-19(7-9-23)14-25(29)28-12-10-21(11-13-28)22-15-24(17-27-16-22)30-18-20-4-2-1-3-5-20/h1-10,15-17H,11-14,18H2. The van der Waals surface area contributed by atoms with Gasteiger partial charge in [0.05, 0.1) is 12.6 Å². The molecule has 0 saturated heterocycles. The Morgan fingerprint density at radius 2 is 1.83 bits per heavy atom. The van der Waals surface area contributed by atoms with Gasteiger partial charge in [0.15, 0.2) is 0 Å². The van der Waals surface area contributed by atoms with E-state index in [1.165, 1.54) is 5.57 Å². The zero-order chi connectivity index (χ0) is 20.8. The molecular formula is C25H23ClN2O2. The molecule has 1 aliphatic heterocycles. The summed E-state index contributed by atoms with van der Waals surface area (Å²) in [4.78, 5) is 18.8. The highest BCUT2D eigenvalue weighted by atomic mass is 35.5. The number of ether oxygens (including phenoxy) is 1. The number of benzene rings is 2. The van der Waals surface area contributed by atoms with Crippen molar-refractivity contribution in [3.05, 3.63) is 101 Å². The summed E-state index contributed by atoms with van der Waals surface area (Å²) < 4.78 is 5.89. The Bertz CT molecular complexity index is 1030. The van der Waals surface area contributed by atoms with Gasteiger partial charge >= 0.3 is 0 Å². The van der Waals surface area contributed by atoms with Gasteiger partial charge in [-0.15, -0.1) is 0 Å². The Kier molecular flexibility index (Phi) is 6.45. The zero-order valence-electron chi connectivity index (χ0n) is 16.6. The fraction of sp³-hybridized carbons (Fsp3) is 0.200. The van der Waals surface area contributed by atoms with Gasteiger partial charge in [-0.3, -0.25) is 9.78 Å². The van der Waals surface area contributed by atoms with Gasteiger partial charge in [-0.25, -0.2) is 0 Å². The van der Waals surface area contributed by atoms with Crippen molar-refractivity contribution in [3.63, 3.8) is 0 Å². The van der Waals surface area contributed by atoms with Crippen LogP contribution in [0.3, 0.4) is 0 Å². The average Bonchev–Trinajstić information content (AvgIpc) is 2.80. The summed E-state index contributed by atoms with van der Waals surface area (Å²) in [6.45, 7) is 1.82. The Morgan fingerprint density at radius 3 is 2.57 bits per heavy atom. The summed E-state index contributed by atoms with van der Waals surface area (Å²) in [5, 5.41) is 0.681. The highest BCUT2D eigenvalue weighted by molar-refractivity contribution is 6.30. The molecule has 4 rings (SSSR count). The van der Waals surface area contributed by atoms with Crippen LogP contribution < -0.4 is 4.74 Å². The molecule has 0 unspecified atom stereocenters. The second kappa shape index (κ2) is 9.59. The highest BCUT2D eigenvalue weighted by Gasteiger charge is 2.18. The maximum Gasteiger partial charge on any atom is 0.227 e. The van der Waals surface area contributed by atoms with Crippen LogP contribution in [0.2, 0.25) is 5.02 Å². The maximum absolute atomic E-state index is 12.6. The lowest BCUT2D eigenvalue weighted by Gasteiger charge is -2.27.